The van der Waals surface area contributed by atoms with Gasteiger partial charge in [0.15, 0.2) is 0 Å². The molecule has 0 saturated heterocycles. The minimum Gasteiger partial charge on any atom is -0.489 e. The first kappa shape index (κ1) is 14.6. The van der Waals surface area contributed by atoms with Gasteiger partial charge in [0.05, 0.1) is 17.2 Å². The molecule has 0 aliphatic rings. The van der Waals surface area contributed by atoms with Gasteiger partial charge in [-0.15, -0.1) is 11.3 Å². The molecular formula is C15H17NO3S. The summed E-state index contributed by atoms with van der Waals surface area (Å²) in [5.41, 5.74) is 1.74. The molecule has 0 fully saturated rings. The zero-order valence-electron chi connectivity index (χ0n) is 11.5. The van der Waals surface area contributed by atoms with Crippen LogP contribution in [-0.4, -0.2) is 26.2 Å². The molecule has 1 aromatic carbocycles. The molecule has 1 aromatic heterocycles. The first-order valence-electron chi connectivity index (χ1n) is 6.28. The maximum absolute atomic E-state index is 12.1. The number of benzene rings is 1. The highest BCUT2D eigenvalue weighted by Gasteiger charge is 2.11. The SMILES string of the molecule is COCCOc1ccc(C)cc1NC(=O)c1cccs1. The van der Waals surface area contributed by atoms with Gasteiger partial charge in [0.1, 0.15) is 12.4 Å². The van der Waals surface area contributed by atoms with Crippen molar-refractivity contribution in [3.05, 3.63) is 46.2 Å². The summed E-state index contributed by atoms with van der Waals surface area (Å²) in [7, 11) is 1.62. The van der Waals surface area contributed by atoms with Crippen molar-refractivity contribution in [2.75, 3.05) is 25.6 Å². The average Bonchev–Trinajstić information content (AvgIpc) is 2.95. The number of methoxy groups -OCH3 is 1. The van der Waals surface area contributed by atoms with Crippen LogP contribution in [0.3, 0.4) is 0 Å². The molecule has 1 N–H and O–H groups in total. The molecule has 4 nitrogen and oxygen atoms in total. The van der Waals surface area contributed by atoms with E-state index >= 15 is 0 Å². The zero-order chi connectivity index (χ0) is 14.4. The molecule has 0 bridgehead atoms. The molecule has 0 aliphatic heterocycles. The Morgan fingerprint density at radius 3 is 2.85 bits per heavy atom. The van der Waals surface area contributed by atoms with Crippen LogP contribution in [0.25, 0.3) is 0 Å². The smallest absolute Gasteiger partial charge is 0.265 e. The van der Waals surface area contributed by atoms with Crippen molar-refractivity contribution in [3.8, 4) is 5.75 Å². The molecule has 0 saturated carbocycles. The molecule has 2 aromatic rings. The van der Waals surface area contributed by atoms with Crippen molar-refractivity contribution in [1.82, 2.24) is 0 Å². The van der Waals surface area contributed by atoms with Crippen LogP contribution in [0.15, 0.2) is 35.7 Å². The van der Waals surface area contributed by atoms with Crippen molar-refractivity contribution in [1.29, 1.82) is 0 Å². The Bertz CT molecular complexity index is 567. The van der Waals surface area contributed by atoms with Gasteiger partial charge in [-0.05, 0) is 36.1 Å². The normalized spacial score (nSPS) is 10.3. The van der Waals surface area contributed by atoms with Crippen LogP contribution in [-0.2, 0) is 4.74 Å². The fourth-order valence-corrected chi connectivity index (χ4v) is 2.31. The van der Waals surface area contributed by atoms with E-state index in [0.717, 1.165) is 5.56 Å². The van der Waals surface area contributed by atoms with Crippen molar-refractivity contribution >= 4 is 22.9 Å². The van der Waals surface area contributed by atoms with Gasteiger partial charge in [0, 0.05) is 7.11 Å². The van der Waals surface area contributed by atoms with E-state index in [1.807, 2.05) is 36.6 Å². The summed E-state index contributed by atoms with van der Waals surface area (Å²) in [4.78, 5) is 12.8. The van der Waals surface area contributed by atoms with Crippen LogP contribution < -0.4 is 10.1 Å². The second kappa shape index (κ2) is 7.07. The molecule has 5 heteroatoms. The quantitative estimate of drug-likeness (QED) is 0.830. The van der Waals surface area contributed by atoms with Crippen LogP contribution in [0.5, 0.6) is 5.75 Å². The highest BCUT2D eigenvalue weighted by atomic mass is 32.1. The third kappa shape index (κ3) is 3.82. The number of anilines is 1. The largest absolute Gasteiger partial charge is 0.489 e. The van der Waals surface area contributed by atoms with E-state index in [1.165, 1.54) is 11.3 Å². The van der Waals surface area contributed by atoms with E-state index in [9.17, 15) is 4.79 Å². The minimum atomic E-state index is -0.123. The molecule has 1 amide bonds. The van der Waals surface area contributed by atoms with Crippen LogP contribution in [0.1, 0.15) is 15.2 Å². The van der Waals surface area contributed by atoms with Crippen LogP contribution in [0.2, 0.25) is 0 Å². The molecule has 106 valence electrons. The minimum absolute atomic E-state index is 0.123. The van der Waals surface area contributed by atoms with E-state index in [0.29, 0.717) is 29.5 Å². The summed E-state index contributed by atoms with van der Waals surface area (Å²) in [5.74, 6) is 0.528. The van der Waals surface area contributed by atoms with Crippen molar-refractivity contribution < 1.29 is 14.3 Å². The number of hydrogen-bond acceptors (Lipinski definition) is 4. The van der Waals surface area contributed by atoms with E-state index < -0.39 is 0 Å². The Labute approximate surface area is 122 Å². The Morgan fingerprint density at radius 1 is 1.30 bits per heavy atom. The Hall–Kier alpha value is -1.85. The maximum Gasteiger partial charge on any atom is 0.265 e. The Morgan fingerprint density at radius 2 is 2.15 bits per heavy atom. The summed E-state index contributed by atoms with van der Waals surface area (Å²) in [5, 5.41) is 4.76. The van der Waals surface area contributed by atoms with Crippen LogP contribution in [0, 0.1) is 6.92 Å². The number of carbonyl (C=O) groups excluding carboxylic acids is 1. The number of hydrogen-bond donors (Lipinski definition) is 1. The number of carbonyl (C=O) groups is 1. The third-order valence-corrected chi connectivity index (χ3v) is 3.54. The fourth-order valence-electron chi connectivity index (χ4n) is 1.69. The third-order valence-electron chi connectivity index (χ3n) is 2.67. The Kier molecular flexibility index (Phi) is 5.15. The van der Waals surface area contributed by atoms with Crippen LogP contribution in [0.4, 0.5) is 5.69 Å². The highest BCUT2D eigenvalue weighted by Crippen LogP contribution is 2.26. The predicted molar refractivity (Wildman–Crippen MR) is 80.8 cm³/mol. The van der Waals surface area contributed by atoms with E-state index in [-0.39, 0.29) is 5.91 Å². The van der Waals surface area contributed by atoms with Gasteiger partial charge >= 0.3 is 0 Å². The molecule has 0 spiro atoms. The first-order valence-corrected chi connectivity index (χ1v) is 7.16. The molecule has 1 heterocycles. The van der Waals surface area contributed by atoms with E-state index in [2.05, 4.69) is 5.32 Å². The topological polar surface area (TPSA) is 47.6 Å². The van der Waals surface area contributed by atoms with Crippen molar-refractivity contribution in [3.63, 3.8) is 0 Å². The van der Waals surface area contributed by atoms with Gasteiger partial charge in [0.2, 0.25) is 0 Å². The van der Waals surface area contributed by atoms with Gasteiger partial charge in [-0.3, -0.25) is 4.79 Å². The van der Waals surface area contributed by atoms with Gasteiger partial charge in [-0.1, -0.05) is 12.1 Å². The number of rotatable bonds is 6. The second-order valence-electron chi connectivity index (χ2n) is 4.27. The molecule has 0 unspecified atom stereocenters. The summed E-state index contributed by atoms with van der Waals surface area (Å²) in [6, 6.07) is 9.35. The molecule has 0 atom stereocenters. The number of thiophene rings is 1. The molecular weight excluding hydrogens is 274 g/mol. The van der Waals surface area contributed by atoms with Gasteiger partial charge in [-0.25, -0.2) is 0 Å². The van der Waals surface area contributed by atoms with E-state index in [4.69, 9.17) is 9.47 Å². The number of amides is 1. The van der Waals surface area contributed by atoms with Gasteiger partial charge in [0.25, 0.3) is 5.91 Å². The predicted octanol–water partition coefficient (Wildman–Crippen LogP) is 3.33. The average molecular weight is 291 g/mol. The standard InChI is InChI=1S/C15H17NO3S/c1-11-5-6-13(19-8-7-18-2)12(10-11)16-15(17)14-4-3-9-20-14/h3-6,9-10H,7-8H2,1-2H3,(H,16,17). The lowest BCUT2D eigenvalue weighted by atomic mass is 10.2. The monoisotopic (exact) mass is 291 g/mol. The lowest BCUT2D eigenvalue weighted by Crippen LogP contribution is -2.12. The molecule has 2 rings (SSSR count). The second-order valence-corrected chi connectivity index (χ2v) is 5.22. The van der Waals surface area contributed by atoms with Crippen molar-refractivity contribution in [2.24, 2.45) is 0 Å². The maximum atomic E-state index is 12.1. The highest BCUT2D eigenvalue weighted by molar-refractivity contribution is 7.12. The summed E-state index contributed by atoms with van der Waals surface area (Å²) in [6.07, 6.45) is 0. The van der Waals surface area contributed by atoms with Crippen molar-refractivity contribution in [2.45, 2.75) is 6.92 Å². The summed E-state index contributed by atoms with van der Waals surface area (Å²) in [6.45, 7) is 2.92. The molecule has 20 heavy (non-hydrogen) atoms. The summed E-state index contributed by atoms with van der Waals surface area (Å²) >= 11 is 1.41. The zero-order valence-corrected chi connectivity index (χ0v) is 12.3. The lowest BCUT2D eigenvalue weighted by molar-refractivity contribution is 0.102. The number of ether oxygens (including phenoxy) is 2. The van der Waals surface area contributed by atoms with Gasteiger partial charge < -0.3 is 14.8 Å². The number of aryl methyl sites for hydroxylation is 1. The fraction of sp³-hybridized carbons (Fsp3) is 0.267. The summed E-state index contributed by atoms with van der Waals surface area (Å²) < 4.78 is 10.6. The van der Waals surface area contributed by atoms with Crippen LogP contribution >= 0.6 is 11.3 Å². The molecule has 0 aliphatic carbocycles. The first-order chi connectivity index (χ1) is 9.70. The lowest BCUT2D eigenvalue weighted by Gasteiger charge is -2.12. The Balaban J connectivity index is 2.12. The van der Waals surface area contributed by atoms with E-state index in [1.54, 1.807) is 13.2 Å². The van der Waals surface area contributed by atoms with Gasteiger partial charge in [-0.2, -0.15) is 0 Å². The number of nitrogens with one attached hydrogen (secondary N) is 1. The molecule has 0 radical (unpaired) electrons.